The quantitative estimate of drug-likeness (QED) is 0.768. The summed E-state index contributed by atoms with van der Waals surface area (Å²) in [6.07, 6.45) is 2.25. The van der Waals surface area contributed by atoms with Crippen LogP contribution in [0.15, 0.2) is 35.9 Å². The first kappa shape index (κ1) is 17.6. The summed E-state index contributed by atoms with van der Waals surface area (Å²) in [6, 6.07) is 8.40. The molecule has 23 heavy (non-hydrogen) atoms. The summed E-state index contributed by atoms with van der Waals surface area (Å²) in [4.78, 5) is 16.7. The summed E-state index contributed by atoms with van der Waals surface area (Å²) in [5.74, 6) is 0.746. The highest BCUT2D eigenvalue weighted by Crippen LogP contribution is 2.60. The topological polar surface area (TPSA) is 23.6 Å². The fraction of sp³-hybridized carbons (Fsp3) is 0.550. The summed E-state index contributed by atoms with van der Waals surface area (Å²) in [5.41, 5.74) is 3.72. The number of hydrogen-bond donors (Lipinski definition) is 0. The summed E-state index contributed by atoms with van der Waals surface area (Å²) in [7, 11) is 5.97. The Hall–Kier alpha value is -1.77. The van der Waals surface area contributed by atoms with Crippen LogP contribution in [0.25, 0.3) is 0 Å². The van der Waals surface area contributed by atoms with E-state index in [1.165, 1.54) is 16.8 Å². The first-order chi connectivity index (χ1) is 10.6. The van der Waals surface area contributed by atoms with Gasteiger partial charge in [-0.2, -0.15) is 0 Å². The smallest absolute Gasteiger partial charge is 0.226 e. The number of carbonyl (C=O) groups is 1. The number of anilines is 1. The molecule has 1 saturated carbocycles. The zero-order valence-electron chi connectivity index (χ0n) is 15.6. The van der Waals surface area contributed by atoms with Crippen molar-refractivity contribution < 1.29 is 4.79 Å². The first-order valence-corrected chi connectivity index (χ1v) is 8.31. The van der Waals surface area contributed by atoms with Crippen LogP contribution in [0.1, 0.15) is 33.3 Å². The van der Waals surface area contributed by atoms with Gasteiger partial charge in [-0.15, -0.1) is 0 Å². The lowest BCUT2D eigenvalue weighted by atomic mass is 10.1. The molecule has 3 nitrogen and oxygen atoms in total. The lowest BCUT2D eigenvalue weighted by Gasteiger charge is -2.19. The van der Waals surface area contributed by atoms with Crippen molar-refractivity contribution in [3.63, 3.8) is 0 Å². The Morgan fingerprint density at radius 3 is 2.17 bits per heavy atom. The van der Waals surface area contributed by atoms with Crippen LogP contribution in [0.5, 0.6) is 0 Å². The average molecular weight is 314 g/mol. The van der Waals surface area contributed by atoms with E-state index in [0.29, 0.717) is 12.5 Å². The van der Waals surface area contributed by atoms with Crippen molar-refractivity contribution in [2.24, 2.45) is 17.3 Å². The van der Waals surface area contributed by atoms with E-state index in [0.717, 1.165) is 0 Å². The van der Waals surface area contributed by atoms with Crippen molar-refractivity contribution in [3.05, 3.63) is 41.5 Å². The third kappa shape index (κ3) is 3.77. The molecule has 1 aliphatic rings. The van der Waals surface area contributed by atoms with Gasteiger partial charge in [-0.3, -0.25) is 4.79 Å². The number of allylic oxidation sites excluding steroid dienone is 2. The largest absolute Gasteiger partial charge is 0.378 e. The molecule has 1 fully saturated rings. The third-order valence-electron chi connectivity index (χ3n) is 4.94. The third-order valence-corrected chi connectivity index (χ3v) is 4.94. The number of carbonyl (C=O) groups excluding carboxylic acids is 1. The summed E-state index contributed by atoms with van der Waals surface area (Å²) in [6.45, 7) is 9.26. The van der Waals surface area contributed by atoms with Crippen LogP contribution in [0.2, 0.25) is 0 Å². The Morgan fingerprint density at radius 2 is 1.70 bits per heavy atom. The molecule has 0 heterocycles. The van der Waals surface area contributed by atoms with Gasteiger partial charge in [-0.1, -0.05) is 37.6 Å². The van der Waals surface area contributed by atoms with Crippen molar-refractivity contribution in [3.8, 4) is 0 Å². The Balaban J connectivity index is 2.02. The average Bonchev–Trinajstić information content (AvgIpc) is 2.98. The molecule has 0 bridgehead atoms. The van der Waals surface area contributed by atoms with Gasteiger partial charge in [0.15, 0.2) is 0 Å². The van der Waals surface area contributed by atoms with Crippen molar-refractivity contribution in [1.29, 1.82) is 0 Å². The van der Waals surface area contributed by atoms with Crippen LogP contribution >= 0.6 is 0 Å². The predicted octanol–water partition coefficient (Wildman–Crippen LogP) is 3.95. The van der Waals surface area contributed by atoms with E-state index >= 15 is 0 Å². The Kier molecular flexibility index (Phi) is 4.88. The molecular weight excluding hydrogens is 284 g/mol. The van der Waals surface area contributed by atoms with Gasteiger partial charge in [-0.05, 0) is 42.9 Å². The minimum Gasteiger partial charge on any atom is -0.378 e. The number of hydrogen-bond acceptors (Lipinski definition) is 2. The number of amides is 1. The highest BCUT2D eigenvalue weighted by Gasteiger charge is 2.60. The standard InChI is InChI=1S/C20H30N2O/c1-14(2)12-17-18(20(17,3)4)19(23)22(7)13-15-8-10-16(11-9-15)21(5)6/h8-12,17-18H,13H2,1-7H3. The molecule has 0 spiro atoms. The molecule has 0 aromatic heterocycles. The van der Waals surface area contributed by atoms with Crippen LogP contribution in [-0.2, 0) is 11.3 Å². The van der Waals surface area contributed by atoms with Crippen LogP contribution in [0.3, 0.4) is 0 Å². The minimum absolute atomic E-state index is 0.0807. The molecule has 1 aromatic carbocycles. The maximum absolute atomic E-state index is 12.8. The number of nitrogens with zero attached hydrogens (tertiary/aromatic N) is 2. The van der Waals surface area contributed by atoms with Crippen molar-refractivity contribution in [2.45, 2.75) is 34.2 Å². The van der Waals surface area contributed by atoms with E-state index in [1.54, 1.807) is 0 Å². The Bertz CT molecular complexity index is 595. The van der Waals surface area contributed by atoms with E-state index in [2.05, 4.69) is 62.9 Å². The maximum atomic E-state index is 12.8. The van der Waals surface area contributed by atoms with E-state index in [9.17, 15) is 4.79 Å². The zero-order chi connectivity index (χ0) is 17.4. The lowest BCUT2D eigenvalue weighted by Crippen LogP contribution is -2.29. The second-order valence-electron chi connectivity index (χ2n) is 7.82. The minimum atomic E-state index is 0.0807. The van der Waals surface area contributed by atoms with Gasteiger partial charge in [0, 0.05) is 33.4 Å². The molecular formula is C20H30N2O. The van der Waals surface area contributed by atoms with E-state index in [-0.39, 0.29) is 17.2 Å². The molecule has 0 aliphatic heterocycles. The summed E-state index contributed by atoms with van der Waals surface area (Å²) in [5, 5.41) is 0. The SMILES string of the molecule is CC(C)=CC1C(C(=O)N(C)Cc2ccc(N(C)C)cc2)C1(C)C. The van der Waals surface area contributed by atoms with Gasteiger partial charge >= 0.3 is 0 Å². The number of benzene rings is 1. The van der Waals surface area contributed by atoms with Gasteiger partial charge in [0.25, 0.3) is 0 Å². The molecule has 126 valence electrons. The van der Waals surface area contributed by atoms with Gasteiger partial charge in [0.1, 0.15) is 0 Å². The van der Waals surface area contributed by atoms with Crippen molar-refractivity contribution in [1.82, 2.24) is 4.90 Å². The highest BCUT2D eigenvalue weighted by molar-refractivity contribution is 5.83. The molecule has 1 aliphatic carbocycles. The van der Waals surface area contributed by atoms with Gasteiger partial charge in [-0.25, -0.2) is 0 Å². The molecule has 0 radical (unpaired) electrons. The van der Waals surface area contributed by atoms with E-state index in [4.69, 9.17) is 0 Å². The summed E-state index contributed by atoms with van der Waals surface area (Å²) < 4.78 is 0. The highest BCUT2D eigenvalue weighted by atomic mass is 16.2. The van der Waals surface area contributed by atoms with Gasteiger partial charge < -0.3 is 9.80 Å². The van der Waals surface area contributed by atoms with E-state index < -0.39 is 0 Å². The number of rotatable bonds is 5. The molecule has 0 N–H and O–H groups in total. The Morgan fingerprint density at radius 1 is 1.13 bits per heavy atom. The molecule has 1 aromatic rings. The molecule has 3 heteroatoms. The fourth-order valence-corrected chi connectivity index (χ4v) is 3.31. The second-order valence-corrected chi connectivity index (χ2v) is 7.82. The molecule has 2 unspecified atom stereocenters. The molecule has 2 atom stereocenters. The second kappa shape index (κ2) is 6.38. The normalized spacial score (nSPS) is 21.5. The van der Waals surface area contributed by atoms with Crippen LogP contribution in [0.4, 0.5) is 5.69 Å². The summed E-state index contributed by atoms with van der Waals surface area (Å²) >= 11 is 0. The molecule has 0 saturated heterocycles. The van der Waals surface area contributed by atoms with Crippen LogP contribution in [-0.4, -0.2) is 32.0 Å². The van der Waals surface area contributed by atoms with Crippen LogP contribution in [0, 0.1) is 17.3 Å². The monoisotopic (exact) mass is 314 g/mol. The molecule has 2 rings (SSSR count). The van der Waals surface area contributed by atoms with Gasteiger partial charge in [0.2, 0.25) is 5.91 Å². The predicted molar refractivity (Wildman–Crippen MR) is 97.4 cm³/mol. The zero-order valence-corrected chi connectivity index (χ0v) is 15.6. The fourth-order valence-electron chi connectivity index (χ4n) is 3.31. The van der Waals surface area contributed by atoms with E-state index in [1.807, 2.05) is 26.0 Å². The lowest BCUT2D eigenvalue weighted by molar-refractivity contribution is -0.132. The van der Waals surface area contributed by atoms with Crippen LogP contribution < -0.4 is 4.90 Å². The molecule has 1 amide bonds. The van der Waals surface area contributed by atoms with Gasteiger partial charge in [0.05, 0.1) is 5.92 Å². The maximum Gasteiger partial charge on any atom is 0.226 e. The van der Waals surface area contributed by atoms with Crippen molar-refractivity contribution in [2.75, 3.05) is 26.0 Å². The Labute approximate surface area is 141 Å². The first-order valence-electron chi connectivity index (χ1n) is 8.31. The van der Waals surface area contributed by atoms with Crippen molar-refractivity contribution >= 4 is 11.6 Å².